The van der Waals surface area contributed by atoms with Crippen LogP contribution in [0.25, 0.3) is 0 Å². The van der Waals surface area contributed by atoms with E-state index in [1.54, 1.807) is 18.2 Å². The summed E-state index contributed by atoms with van der Waals surface area (Å²) in [5.41, 5.74) is 6.17. The minimum atomic E-state index is -2.00. The van der Waals surface area contributed by atoms with Crippen LogP contribution in [0.5, 0.6) is 0 Å². The Morgan fingerprint density at radius 1 is 1.27 bits per heavy atom. The Morgan fingerprint density at radius 2 is 1.91 bits per heavy atom. The molecule has 0 aliphatic rings. The number of rotatable bonds is 2. The van der Waals surface area contributed by atoms with Gasteiger partial charge in [0.2, 0.25) is 0 Å². The van der Waals surface area contributed by atoms with Crippen molar-refractivity contribution >= 4 is 13.7 Å². The highest BCUT2D eigenvalue weighted by molar-refractivity contribution is 7.54. The van der Waals surface area contributed by atoms with Gasteiger partial charge in [0.25, 0.3) is 0 Å². The summed E-state index contributed by atoms with van der Waals surface area (Å²) in [7, 11) is -2.00. The van der Waals surface area contributed by atoms with Crippen LogP contribution in [0.4, 0.5) is 0 Å². The van der Waals surface area contributed by atoms with E-state index in [0.717, 1.165) is 5.56 Å². The van der Waals surface area contributed by atoms with Gasteiger partial charge in [0, 0.05) is 11.8 Å². The predicted octanol–water partition coefficient (Wildman–Crippen LogP) is 0.0671. The van der Waals surface area contributed by atoms with Gasteiger partial charge in [0.05, 0.1) is 0 Å². The van der Waals surface area contributed by atoms with Gasteiger partial charge in [-0.1, -0.05) is 18.2 Å². The van der Waals surface area contributed by atoms with Gasteiger partial charge in [-0.25, -0.2) is 0 Å². The zero-order valence-electron chi connectivity index (χ0n) is 5.94. The minimum absolute atomic E-state index is 0.343. The molecule has 0 aromatic heterocycles. The average molecular weight is 171 g/mol. The standard InChI is InChI=1S/C7H10NO2P/c8-5-6-3-1-2-4-7(6)11(9)10/h1-4,9-10H,5,8H2. The molecule has 4 N–H and O–H groups in total. The fourth-order valence-electron chi connectivity index (χ4n) is 0.879. The van der Waals surface area contributed by atoms with E-state index in [-0.39, 0.29) is 0 Å². The molecule has 0 aliphatic carbocycles. The van der Waals surface area contributed by atoms with Crippen LogP contribution < -0.4 is 11.0 Å². The van der Waals surface area contributed by atoms with Crippen LogP contribution in [-0.2, 0) is 6.54 Å². The molecule has 1 rings (SSSR count). The van der Waals surface area contributed by atoms with Gasteiger partial charge in [0.15, 0.2) is 8.38 Å². The van der Waals surface area contributed by atoms with Crippen molar-refractivity contribution in [2.24, 2.45) is 5.73 Å². The molecule has 0 heterocycles. The van der Waals surface area contributed by atoms with Gasteiger partial charge < -0.3 is 15.5 Å². The van der Waals surface area contributed by atoms with Crippen molar-refractivity contribution in [3.05, 3.63) is 29.8 Å². The highest BCUT2D eigenvalue weighted by Crippen LogP contribution is 2.23. The first-order valence-corrected chi connectivity index (χ1v) is 4.46. The molecule has 0 saturated carbocycles. The fourth-order valence-corrected chi connectivity index (χ4v) is 1.52. The van der Waals surface area contributed by atoms with Crippen molar-refractivity contribution < 1.29 is 9.79 Å². The van der Waals surface area contributed by atoms with Gasteiger partial charge >= 0.3 is 0 Å². The third-order valence-corrected chi connectivity index (χ3v) is 2.29. The second-order valence-electron chi connectivity index (χ2n) is 2.12. The number of nitrogens with two attached hydrogens (primary N) is 1. The molecule has 3 nitrogen and oxygen atoms in total. The molecule has 0 bridgehead atoms. The Balaban J connectivity index is 3.02. The third-order valence-electron chi connectivity index (χ3n) is 1.43. The van der Waals surface area contributed by atoms with E-state index in [2.05, 4.69) is 0 Å². The van der Waals surface area contributed by atoms with Gasteiger partial charge in [-0.2, -0.15) is 0 Å². The van der Waals surface area contributed by atoms with E-state index >= 15 is 0 Å². The zero-order chi connectivity index (χ0) is 8.27. The Bertz CT molecular complexity index is 240. The molecule has 0 aliphatic heterocycles. The van der Waals surface area contributed by atoms with Gasteiger partial charge in [0.1, 0.15) is 0 Å². The largest absolute Gasteiger partial charge is 0.347 e. The van der Waals surface area contributed by atoms with Crippen LogP contribution in [0.15, 0.2) is 24.3 Å². The van der Waals surface area contributed by atoms with Crippen molar-refractivity contribution in [2.75, 3.05) is 0 Å². The predicted molar refractivity (Wildman–Crippen MR) is 45.3 cm³/mol. The topological polar surface area (TPSA) is 66.5 Å². The van der Waals surface area contributed by atoms with Crippen molar-refractivity contribution in [1.29, 1.82) is 0 Å². The summed E-state index contributed by atoms with van der Waals surface area (Å²) < 4.78 is 0. The average Bonchev–Trinajstić information content (AvgIpc) is 2.04. The molecule has 0 amide bonds. The maximum Gasteiger partial charge on any atom is 0.199 e. The lowest BCUT2D eigenvalue weighted by Crippen LogP contribution is -2.11. The molecule has 0 fully saturated rings. The smallest absolute Gasteiger partial charge is 0.199 e. The molecule has 0 saturated heterocycles. The lowest BCUT2D eigenvalue weighted by molar-refractivity contribution is 0.496. The van der Waals surface area contributed by atoms with Gasteiger partial charge in [-0.15, -0.1) is 0 Å². The monoisotopic (exact) mass is 171 g/mol. The van der Waals surface area contributed by atoms with E-state index in [1.165, 1.54) is 0 Å². The van der Waals surface area contributed by atoms with E-state index in [4.69, 9.17) is 15.5 Å². The van der Waals surface area contributed by atoms with Crippen molar-refractivity contribution in [3.63, 3.8) is 0 Å². The summed E-state index contributed by atoms with van der Waals surface area (Å²) in [5.74, 6) is 0. The van der Waals surface area contributed by atoms with Crippen LogP contribution in [0.2, 0.25) is 0 Å². The third kappa shape index (κ3) is 1.98. The van der Waals surface area contributed by atoms with Gasteiger partial charge in [-0.05, 0) is 11.6 Å². The van der Waals surface area contributed by atoms with Crippen LogP contribution >= 0.6 is 8.38 Å². The zero-order valence-corrected chi connectivity index (χ0v) is 6.83. The molecule has 1 aromatic rings. The first-order valence-electron chi connectivity index (χ1n) is 3.21. The summed E-state index contributed by atoms with van der Waals surface area (Å²) >= 11 is 0. The highest BCUT2D eigenvalue weighted by atomic mass is 31.2. The van der Waals surface area contributed by atoms with E-state index in [1.807, 2.05) is 6.07 Å². The maximum absolute atomic E-state index is 8.90. The first kappa shape index (κ1) is 8.62. The summed E-state index contributed by atoms with van der Waals surface area (Å²) in [6, 6.07) is 7.05. The Kier molecular flexibility index (Phi) is 2.97. The van der Waals surface area contributed by atoms with E-state index in [0.29, 0.717) is 11.8 Å². The van der Waals surface area contributed by atoms with Gasteiger partial charge in [-0.3, -0.25) is 0 Å². The fraction of sp³-hybridized carbons (Fsp3) is 0.143. The Morgan fingerprint density at radius 3 is 2.36 bits per heavy atom. The molecule has 0 radical (unpaired) electrons. The molecular weight excluding hydrogens is 161 g/mol. The summed E-state index contributed by atoms with van der Waals surface area (Å²) in [6.45, 7) is 0.343. The lowest BCUT2D eigenvalue weighted by Gasteiger charge is -2.06. The molecule has 60 valence electrons. The van der Waals surface area contributed by atoms with E-state index < -0.39 is 8.38 Å². The number of hydrogen-bond donors (Lipinski definition) is 3. The summed E-state index contributed by atoms with van der Waals surface area (Å²) in [5, 5.41) is 0.546. The molecule has 4 heteroatoms. The Labute approximate surface area is 66.4 Å². The first-order chi connectivity index (χ1) is 5.25. The van der Waals surface area contributed by atoms with Crippen molar-refractivity contribution in [2.45, 2.75) is 6.54 Å². The van der Waals surface area contributed by atoms with Crippen molar-refractivity contribution in [3.8, 4) is 0 Å². The molecule has 11 heavy (non-hydrogen) atoms. The van der Waals surface area contributed by atoms with Crippen LogP contribution in [0, 0.1) is 0 Å². The highest BCUT2D eigenvalue weighted by Gasteiger charge is 2.06. The quantitative estimate of drug-likeness (QED) is 0.551. The van der Waals surface area contributed by atoms with E-state index in [9.17, 15) is 0 Å². The summed E-state index contributed by atoms with van der Waals surface area (Å²) in [6.07, 6.45) is 0. The molecular formula is C7H10NO2P. The molecule has 0 unspecified atom stereocenters. The second-order valence-corrected chi connectivity index (χ2v) is 3.18. The minimum Gasteiger partial charge on any atom is -0.347 e. The second kappa shape index (κ2) is 3.79. The van der Waals surface area contributed by atoms with Crippen LogP contribution in [0.1, 0.15) is 5.56 Å². The molecule has 0 spiro atoms. The maximum atomic E-state index is 8.90. The van der Waals surface area contributed by atoms with Crippen molar-refractivity contribution in [1.82, 2.24) is 0 Å². The number of benzene rings is 1. The lowest BCUT2D eigenvalue weighted by atomic mass is 10.2. The molecule has 0 atom stereocenters. The normalized spacial score (nSPS) is 10.5. The Hall–Kier alpha value is -0.470. The number of hydrogen-bond acceptors (Lipinski definition) is 3. The molecule has 1 aromatic carbocycles. The summed E-state index contributed by atoms with van der Waals surface area (Å²) in [4.78, 5) is 17.8. The van der Waals surface area contributed by atoms with Crippen LogP contribution in [-0.4, -0.2) is 9.79 Å². The SMILES string of the molecule is NCc1ccccc1P(O)O. The van der Waals surface area contributed by atoms with Crippen LogP contribution in [0.3, 0.4) is 0 Å².